The molecule has 1 aliphatic heterocycles. The Balaban J connectivity index is 0.00000264. The molecule has 2 heterocycles. The minimum Gasteiger partial charge on any atom is -0.381 e. The molecule has 1 unspecified atom stereocenters. The molecule has 1 aromatic heterocycles. The van der Waals surface area contributed by atoms with Crippen LogP contribution in [0.25, 0.3) is 0 Å². The fraction of sp³-hybridized carbons (Fsp3) is 0.625. The Labute approximate surface area is 156 Å². The highest BCUT2D eigenvalue weighted by molar-refractivity contribution is 14.0. The van der Waals surface area contributed by atoms with Crippen LogP contribution in [0, 0.1) is 5.92 Å². The van der Waals surface area contributed by atoms with Gasteiger partial charge in [-0.05, 0) is 24.1 Å². The molecule has 0 amide bonds. The Kier molecular flexibility index (Phi) is 8.60. The number of nitrogens with zero attached hydrogens (tertiary/aromatic N) is 4. The Hall–Kier alpha value is -1.09. The van der Waals surface area contributed by atoms with Crippen LogP contribution in [0.4, 0.5) is 5.82 Å². The van der Waals surface area contributed by atoms with Gasteiger partial charge < -0.3 is 19.9 Å². The summed E-state index contributed by atoms with van der Waals surface area (Å²) in [6.45, 7) is 3.45. The van der Waals surface area contributed by atoms with Crippen molar-refractivity contribution in [3.05, 3.63) is 23.9 Å². The highest BCUT2D eigenvalue weighted by atomic mass is 127. The zero-order chi connectivity index (χ0) is 15.9. The number of ether oxygens (including phenoxy) is 1. The second-order valence-corrected chi connectivity index (χ2v) is 5.93. The van der Waals surface area contributed by atoms with Crippen LogP contribution in [0.15, 0.2) is 23.3 Å². The summed E-state index contributed by atoms with van der Waals surface area (Å²) in [5.74, 6) is 2.48. The summed E-state index contributed by atoms with van der Waals surface area (Å²) in [7, 11) is 7.89. The number of aromatic nitrogens is 1. The van der Waals surface area contributed by atoms with E-state index in [2.05, 4.69) is 33.3 Å². The van der Waals surface area contributed by atoms with E-state index in [1.165, 1.54) is 5.56 Å². The summed E-state index contributed by atoms with van der Waals surface area (Å²) in [5.41, 5.74) is 1.19. The molecule has 6 nitrogen and oxygen atoms in total. The summed E-state index contributed by atoms with van der Waals surface area (Å²) in [6.07, 6.45) is 2.98. The van der Waals surface area contributed by atoms with Gasteiger partial charge in [0, 0.05) is 60.0 Å². The number of aliphatic imine (C=N–C) groups is 1. The molecule has 0 radical (unpaired) electrons. The summed E-state index contributed by atoms with van der Waals surface area (Å²) in [4.78, 5) is 12.9. The molecule has 1 saturated heterocycles. The molecule has 1 N–H and O–H groups in total. The highest BCUT2D eigenvalue weighted by Crippen LogP contribution is 2.13. The van der Waals surface area contributed by atoms with Gasteiger partial charge in [-0.3, -0.25) is 4.99 Å². The zero-order valence-corrected chi connectivity index (χ0v) is 16.8. The number of hydrogen-bond donors (Lipinski definition) is 1. The van der Waals surface area contributed by atoms with Crippen molar-refractivity contribution in [3.8, 4) is 0 Å². The van der Waals surface area contributed by atoms with E-state index < -0.39 is 0 Å². The third kappa shape index (κ3) is 6.14. The molecule has 0 spiro atoms. The van der Waals surface area contributed by atoms with Crippen molar-refractivity contribution >= 4 is 35.8 Å². The van der Waals surface area contributed by atoms with Gasteiger partial charge >= 0.3 is 0 Å². The summed E-state index contributed by atoms with van der Waals surface area (Å²) < 4.78 is 5.44. The second-order valence-electron chi connectivity index (χ2n) is 5.93. The number of hydrogen-bond acceptors (Lipinski definition) is 4. The van der Waals surface area contributed by atoms with Crippen LogP contribution >= 0.6 is 24.0 Å². The first-order valence-corrected chi connectivity index (χ1v) is 7.72. The van der Waals surface area contributed by atoms with E-state index in [-0.39, 0.29) is 24.0 Å². The van der Waals surface area contributed by atoms with Gasteiger partial charge in [-0.25, -0.2) is 4.98 Å². The topological polar surface area (TPSA) is 53.0 Å². The zero-order valence-electron chi connectivity index (χ0n) is 14.5. The average Bonchev–Trinajstić information content (AvgIpc) is 3.01. The number of pyridine rings is 1. The SMILES string of the molecule is CN=C(NCc1ccnc(N(C)C)c1)N(C)CC1CCOC1.I. The van der Waals surface area contributed by atoms with Gasteiger partial charge in [-0.1, -0.05) is 0 Å². The first-order valence-electron chi connectivity index (χ1n) is 7.72. The van der Waals surface area contributed by atoms with E-state index in [1.54, 1.807) is 0 Å². The molecule has 23 heavy (non-hydrogen) atoms. The lowest BCUT2D eigenvalue weighted by molar-refractivity contribution is 0.181. The minimum absolute atomic E-state index is 0. The number of halogens is 1. The predicted molar refractivity (Wildman–Crippen MR) is 106 cm³/mol. The molecular weight excluding hydrogens is 405 g/mol. The summed E-state index contributed by atoms with van der Waals surface area (Å²) in [6, 6.07) is 4.11. The third-order valence-corrected chi connectivity index (χ3v) is 3.85. The third-order valence-electron chi connectivity index (χ3n) is 3.85. The fourth-order valence-electron chi connectivity index (χ4n) is 2.58. The Morgan fingerprint density at radius 1 is 1.43 bits per heavy atom. The normalized spacial score (nSPS) is 17.6. The van der Waals surface area contributed by atoms with Crippen LogP contribution in [-0.4, -0.2) is 63.8 Å². The molecule has 0 aliphatic carbocycles. The molecule has 7 heteroatoms. The first-order chi connectivity index (χ1) is 10.6. The molecule has 1 aromatic rings. The Bertz CT molecular complexity index is 503. The van der Waals surface area contributed by atoms with Crippen molar-refractivity contribution in [3.63, 3.8) is 0 Å². The lowest BCUT2D eigenvalue weighted by atomic mass is 10.1. The first kappa shape index (κ1) is 20.0. The number of guanidine groups is 1. The monoisotopic (exact) mass is 433 g/mol. The van der Waals surface area contributed by atoms with Gasteiger partial charge in [0.2, 0.25) is 0 Å². The van der Waals surface area contributed by atoms with E-state index in [9.17, 15) is 0 Å². The van der Waals surface area contributed by atoms with Crippen LogP contribution in [0.3, 0.4) is 0 Å². The Morgan fingerprint density at radius 3 is 2.83 bits per heavy atom. The number of rotatable bonds is 5. The molecule has 0 aromatic carbocycles. The van der Waals surface area contributed by atoms with Gasteiger partial charge in [-0.2, -0.15) is 0 Å². The molecule has 1 atom stereocenters. The van der Waals surface area contributed by atoms with Crippen molar-refractivity contribution in [2.45, 2.75) is 13.0 Å². The average molecular weight is 433 g/mol. The van der Waals surface area contributed by atoms with Crippen molar-refractivity contribution < 1.29 is 4.74 Å². The van der Waals surface area contributed by atoms with E-state index in [0.29, 0.717) is 5.92 Å². The maximum absolute atomic E-state index is 5.44. The van der Waals surface area contributed by atoms with E-state index in [4.69, 9.17) is 4.74 Å². The van der Waals surface area contributed by atoms with Crippen LogP contribution in [0.5, 0.6) is 0 Å². The van der Waals surface area contributed by atoms with Crippen LogP contribution in [-0.2, 0) is 11.3 Å². The Morgan fingerprint density at radius 2 is 2.22 bits per heavy atom. The van der Waals surface area contributed by atoms with Crippen LogP contribution < -0.4 is 10.2 Å². The van der Waals surface area contributed by atoms with Gasteiger partial charge in [0.25, 0.3) is 0 Å². The summed E-state index contributed by atoms with van der Waals surface area (Å²) >= 11 is 0. The number of anilines is 1. The second kappa shape index (κ2) is 9.92. The largest absolute Gasteiger partial charge is 0.381 e. The van der Waals surface area contributed by atoms with Gasteiger partial charge in [0.1, 0.15) is 5.82 Å². The molecule has 2 rings (SSSR count). The molecule has 0 saturated carbocycles. The van der Waals surface area contributed by atoms with Gasteiger partial charge in [0.15, 0.2) is 5.96 Å². The molecule has 1 aliphatic rings. The highest BCUT2D eigenvalue weighted by Gasteiger charge is 2.18. The molecule has 0 bridgehead atoms. The van der Waals surface area contributed by atoms with Crippen LogP contribution in [0.1, 0.15) is 12.0 Å². The minimum atomic E-state index is 0. The maximum Gasteiger partial charge on any atom is 0.193 e. The van der Waals surface area contributed by atoms with E-state index >= 15 is 0 Å². The number of nitrogens with one attached hydrogen (secondary N) is 1. The molecule has 1 fully saturated rings. The van der Waals surface area contributed by atoms with Crippen molar-refractivity contribution in [2.24, 2.45) is 10.9 Å². The lowest BCUT2D eigenvalue weighted by Crippen LogP contribution is -2.41. The summed E-state index contributed by atoms with van der Waals surface area (Å²) in [5, 5.41) is 3.41. The maximum atomic E-state index is 5.44. The quantitative estimate of drug-likeness (QED) is 0.436. The van der Waals surface area contributed by atoms with E-state index in [0.717, 1.165) is 44.5 Å². The molecule has 130 valence electrons. The van der Waals surface area contributed by atoms with Crippen molar-refractivity contribution in [1.29, 1.82) is 0 Å². The van der Waals surface area contributed by atoms with Crippen molar-refractivity contribution in [2.75, 3.05) is 52.8 Å². The molecular formula is C16H28IN5O. The predicted octanol–water partition coefficient (Wildman–Crippen LogP) is 1.81. The van der Waals surface area contributed by atoms with Gasteiger partial charge in [-0.15, -0.1) is 24.0 Å². The fourth-order valence-corrected chi connectivity index (χ4v) is 2.58. The van der Waals surface area contributed by atoms with Crippen molar-refractivity contribution in [1.82, 2.24) is 15.2 Å². The van der Waals surface area contributed by atoms with E-state index in [1.807, 2.05) is 38.3 Å². The standard InChI is InChI=1S/C16H27N5O.HI/c1-17-16(21(4)11-14-6-8-22-12-14)19-10-13-5-7-18-15(9-13)20(2)3;/h5,7,9,14H,6,8,10-12H2,1-4H3,(H,17,19);1H. The van der Waals surface area contributed by atoms with Gasteiger partial charge in [0.05, 0.1) is 6.61 Å². The smallest absolute Gasteiger partial charge is 0.193 e. The lowest BCUT2D eigenvalue weighted by Gasteiger charge is -2.24. The van der Waals surface area contributed by atoms with Crippen LogP contribution in [0.2, 0.25) is 0 Å².